The van der Waals surface area contributed by atoms with E-state index in [1.165, 1.54) is 34.1 Å². The van der Waals surface area contributed by atoms with Crippen LogP contribution in [0, 0.1) is 19.8 Å². The second-order valence-electron chi connectivity index (χ2n) is 9.38. The first-order chi connectivity index (χ1) is 17.0. The normalized spacial score (nSPS) is 21.2. The summed E-state index contributed by atoms with van der Waals surface area (Å²) in [4.78, 5) is 33.4. The zero-order valence-electron chi connectivity index (χ0n) is 20.1. The number of thiazole rings is 1. The number of nitrogens with zero attached hydrogens (tertiary/aromatic N) is 5. The number of hydrogen-bond acceptors (Lipinski definition) is 7. The minimum Gasteiger partial charge on any atom is -0.275 e. The van der Waals surface area contributed by atoms with E-state index in [1.54, 1.807) is 24.1 Å². The molecule has 2 aromatic heterocycles. The van der Waals surface area contributed by atoms with Gasteiger partial charge in [-0.05, 0) is 44.9 Å². The second kappa shape index (κ2) is 8.82. The molecule has 190 valence electrons. The monoisotopic (exact) mass is 533 g/mol. The number of hydrogen-bond donors (Lipinski definition) is 1. The Morgan fingerprint density at radius 1 is 1.28 bits per heavy atom. The van der Waals surface area contributed by atoms with Crippen LogP contribution in [0.3, 0.4) is 0 Å². The lowest BCUT2D eigenvalue weighted by atomic mass is 9.94. The molecular weight excluding hydrogens is 507 g/mol. The van der Waals surface area contributed by atoms with Crippen molar-refractivity contribution in [3.05, 3.63) is 56.7 Å². The van der Waals surface area contributed by atoms with E-state index < -0.39 is 40.1 Å². The van der Waals surface area contributed by atoms with Crippen LogP contribution >= 0.6 is 11.3 Å². The first kappa shape index (κ1) is 24.7. The fraction of sp³-hybridized carbons (Fsp3) is 0.435. The molecule has 1 fully saturated rings. The van der Waals surface area contributed by atoms with Crippen LogP contribution in [0.25, 0.3) is 0 Å². The van der Waals surface area contributed by atoms with Gasteiger partial charge in [0, 0.05) is 18.8 Å². The van der Waals surface area contributed by atoms with Crippen LogP contribution in [-0.4, -0.2) is 62.5 Å². The molecular formula is C23H26FN6O4S2+. The summed E-state index contributed by atoms with van der Waals surface area (Å²) in [5, 5.41) is 4.97. The van der Waals surface area contributed by atoms with Crippen molar-refractivity contribution in [1.82, 2.24) is 24.4 Å². The molecule has 0 radical (unpaired) electrons. The third-order valence-corrected chi connectivity index (χ3v) is 9.20. The maximum Gasteiger partial charge on any atom is 0.501 e. The smallest absolute Gasteiger partial charge is 0.275 e. The van der Waals surface area contributed by atoms with Crippen molar-refractivity contribution in [2.24, 2.45) is 13.0 Å². The number of halogens is 1. The van der Waals surface area contributed by atoms with Crippen molar-refractivity contribution < 1.29 is 27.0 Å². The van der Waals surface area contributed by atoms with Crippen LogP contribution in [0.5, 0.6) is 0 Å². The van der Waals surface area contributed by atoms with Gasteiger partial charge in [0.05, 0.1) is 32.2 Å². The highest BCUT2D eigenvalue weighted by Crippen LogP contribution is 2.38. The largest absolute Gasteiger partial charge is 0.501 e. The van der Waals surface area contributed by atoms with Crippen molar-refractivity contribution in [1.29, 1.82) is 0 Å². The Morgan fingerprint density at radius 3 is 2.61 bits per heavy atom. The Balaban J connectivity index is 1.55. The molecule has 3 heterocycles. The highest BCUT2D eigenvalue weighted by atomic mass is 32.2. The number of allylic oxidation sites excluding steroid dienone is 2. The Kier molecular flexibility index (Phi) is 6.04. The first-order valence-electron chi connectivity index (χ1n) is 11.4. The molecule has 1 atom stereocenters. The van der Waals surface area contributed by atoms with Gasteiger partial charge in [0.15, 0.2) is 0 Å². The van der Waals surface area contributed by atoms with Crippen molar-refractivity contribution >= 4 is 39.0 Å². The molecule has 1 unspecified atom stereocenters. The zero-order chi connectivity index (χ0) is 25.8. The third kappa shape index (κ3) is 4.46. The summed E-state index contributed by atoms with van der Waals surface area (Å²) in [7, 11) is -2.32. The molecule has 2 aliphatic carbocycles. The summed E-state index contributed by atoms with van der Waals surface area (Å²) < 4.78 is 44.9. The molecule has 0 bridgehead atoms. The van der Waals surface area contributed by atoms with Gasteiger partial charge in [0.2, 0.25) is 10.0 Å². The lowest BCUT2D eigenvalue weighted by Gasteiger charge is -2.27. The van der Waals surface area contributed by atoms with E-state index in [2.05, 4.69) is 14.8 Å². The maximum atomic E-state index is 13.6. The molecule has 1 saturated carbocycles. The van der Waals surface area contributed by atoms with Gasteiger partial charge in [0.1, 0.15) is 31.4 Å². The van der Waals surface area contributed by atoms with Gasteiger partial charge < -0.3 is 0 Å². The Labute approximate surface area is 211 Å². The van der Waals surface area contributed by atoms with Gasteiger partial charge in [-0.2, -0.15) is 19.4 Å². The average molecular weight is 534 g/mol. The molecule has 0 spiro atoms. The van der Waals surface area contributed by atoms with E-state index in [-0.39, 0.29) is 18.0 Å². The average Bonchev–Trinajstić information content (AvgIpc) is 3.35. The molecule has 3 amide bonds. The quantitative estimate of drug-likeness (QED) is 0.520. The van der Waals surface area contributed by atoms with E-state index in [4.69, 9.17) is 0 Å². The van der Waals surface area contributed by atoms with Crippen LogP contribution in [0.1, 0.15) is 34.0 Å². The second-order valence-corrected chi connectivity index (χ2v) is 12.4. The minimum atomic E-state index is -4.06. The number of sulfonamides is 1. The third-order valence-electron chi connectivity index (χ3n) is 6.54. The van der Waals surface area contributed by atoms with Crippen LogP contribution in [0.2, 0.25) is 0 Å². The number of aromatic nitrogens is 3. The molecule has 5 rings (SSSR count). The standard InChI is InChI=1S/C23H26FN6O4S2/c1-14-20(35-15(2)26-14)12-29-19-5-4-17(36(33,34)27-23(13-24)6-7-23)8-18(19)21(31)30(22(29)32)11-16-9-25-28(3)10-16/h4-5,8-10,18,27H,6-7,11-13H2,1-3H3/q+1. The predicted molar refractivity (Wildman–Crippen MR) is 130 cm³/mol. The Hall–Kier alpha value is -3.03. The van der Waals surface area contributed by atoms with Gasteiger partial charge in [0.25, 0.3) is 0 Å². The molecule has 1 aliphatic heterocycles. The summed E-state index contributed by atoms with van der Waals surface area (Å²) in [6, 6.07) is -0.502. The summed E-state index contributed by atoms with van der Waals surface area (Å²) >= 11 is 1.46. The number of carbonyl (C=O) groups excluding carboxylic acids is 2. The SMILES string of the molecule is Cc1nc(C)c(C[N+]2=C3C=CC(S(=O)(=O)NC4(CF)CC4)=CC3C(=O)N(Cc3cnn(C)c3)C2=O)s1. The Morgan fingerprint density at radius 2 is 2.03 bits per heavy atom. The van der Waals surface area contributed by atoms with E-state index in [0.29, 0.717) is 24.1 Å². The molecule has 1 N–H and O–H groups in total. The molecule has 36 heavy (non-hydrogen) atoms. The number of carbonyl (C=O) groups is 2. The van der Waals surface area contributed by atoms with Gasteiger partial charge in [-0.25, -0.2) is 27.3 Å². The molecule has 0 saturated heterocycles. The zero-order valence-corrected chi connectivity index (χ0v) is 21.7. The van der Waals surface area contributed by atoms with E-state index >= 15 is 0 Å². The molecule has 3 aliphatic rings. The maximum absolute atomic E-state index is 13.6. The van der Waals surface area contributed by atoms with E-state index in [1.807, 2.05) is 13.8 Å². The Bertz CT molecular complexity index is 1460. The number of aryl methyl sites for hydroxylation is 3. The molecule has 10 nitrogen and oxygen atoms in total. The number of rotatable bonds is 8. The summed E-state index contributed by atoms with van der Waals surface area (Å²) in [6.45, 7) is 3.14. The number of nitrogens with one attached hydrogen (secondary N) is 1. The van der Waals surface area contributed by atoms with Crippen LogP contribution in [-0.2, 0) is 35.0 Å². The van der Waals surface area contributed by atoms with Gasteiger partial charge in [-0.1, -0.05) is 0 Å². The summed E-state index contributed by atoms with van der Waals surface area (Å²) in [5.74, 6) is -1.53. The minimum absolute atomic E-state index is 0.00463. The topological polar surface area (TPSA) is 117 Å². The summed E-state index contributed by atoms with van der Waals surface area (Å²) in [5.41, 5.74) is 0.783. The summed E-state index contributed by atoms with van der Waals surface area (Å²) in [6.07, 6.45) is 8.33. The lowest BCUT2D eigenvalue weighted by molar-refractivity contribution is -0.456. The van der Waals surface area contributed by atoms with Crippen LogP contribution < -0.4 is 4.72 Å². The lowest BCUT2D eigenvalue weighted by Crippen LogP contribution is -2.54. The van der Waals surface area contributed by atoms with E-state index in [9.17, 15) is 22.4 Å². The highest BCUT2D eigenvalue weighted by molar-refractivity contribution is 7.93. The van der Waals surface area contributed by atoms with Crippen molar-refractivity contribution in [3.8, 4) is 0 Å². The number of fused-ring (bicyclic) bond motifs is 1. The number of imide groups is 1. The number of alkyl halides is 1. The number of amides is 3. The van der Waals surface area contributed by atoms with Gasteiger partial charge in [-0.15, -0.1) is 11.3 Å². The van der Waals surface area contributed by atoms with Crippen molar-refractivity contribution in [2.75, 3.05) is 6.67 Å². The first-order valence-corrected chi connectivity index (χ1v) is 13.7. The predicted octanol–water partition coefficient (Wildman–Crippen LogP) is 2.10. The molecule has 0 aromatic carbocycles. The van der Waals surface area contributed by atoms with Crippen molar-refractivity contribution in [2.45, 2.75) is 45.3 Å². The van der Waals surface area contributed by atoms with Crippen LogP contribution in [0.15, 0.2) is 35.5 Å². The van der Waals surface area contributed by atoms with Gasteiger partial charge >= 0.3 is 11.9 Å². The molecule has 13 heteroatoms. The van der Waals surface area contributed by atoms with Gasteiger partial charge in [-0.3, -0.25) is 4.68 Å². The van der Waals surface area contributed by atoms with Crippen LogP contribution in [0.4, 0.5) is 9.18 Å². The fourth-order valence-electron chi connectivity index (χ4n) is 4.39. The number of urea groups is 1. The molecule has 2 aromatic rings. The van der Waals surface area contributed by atoms with Crippen molar-refractivity contribution in [3.63, 3.8) is 0 Å². The highest BCUT2D eigenvalue weighted by Gasteiger charge is 2.50. The fourth-order valence-corrected chi connectivity index (χ4v) is 6.83. The van der Waals surface area contributed by atoms with E-state index in [0.717, 1.165) is 20.5 Å².